The summed E-state index contributed by atoms with van der Waals surface area (Å²) in [5.74, 6) is 0.683. The van der Waals surface area contributed by atoms with Gasteiger partial charge in [-0.2, -0.15) is 5.10 Å². The van der Waals surface area contributed by atoms with Crippen molar-refractivity contribution < 1.29 is 0 Å². The summed E-state index contributed by atoms with van der Waals surface area (Å²) in [6, 6.07) is 10.5. The molecule has 1 aromatic carbocycles. The van der Waals surface area contributed by atoms with Crippen LogP contribution in [0.5, 0.6) is 0 Å². The Morgan fingerprint density at radius 2 is 2.12 bits per heavy atom. The molecule has 1 aliphatic rings. The Balaban J connectivity index is 2.12. The molecule has 1 saturated carbocycles. The van der Waals surface area contributed by atoms with Gasteiger partial charge in [0.2, 0.25) is 0 Å². The lowest BCUT2D eigenvalue weighted by molar-refractivity contribution is 0.781. The zero-order chi connectivity index (χ0) is 11.8. The Hall–Kier alpha value is -1.61. The Kier molecular flexibility index (Phi) is 2.48. The van der Waals surface area contributed by atoms with E-state index in [9.17, 15) is 0 Å². The van der Waals surface area contributed by atoms with Gasteiger partial charge in [-0.3, -0.25) is 0 Å². The summed E-state index contributed by atoms with van der Waals surface area (Å²) in [4.78, 5) is 0. The fourth-order valence-electron chi connectivity index (χ4n) is 2.21. The summed E-state index contributed by atoms with van der Waals surface area (Å²) in [7, 11) is 0. The van der Waals surface area contributed by atoms with Crippen LogP contribution in [-0.2, 0) is 6.54 Å². The number of aromatic nitrogens is 2. The van der Waals surface area contributed by atoms with Crippen molar-refractivity contribution in [1.82, 2.24) is 9.78 Å². The highest BCUT2D eigenvalue weighted by molar-refractivity contribution is 5.42. The minimum Gasteiger partial charge on any atom is -0.325 e. The maximum atomic E-state index is 5.69. The van der Waals surface area contributed by atoms with Gasteiger partial charge in [0, 0.05) is 18.2 Å². The predicted molar refractivity (Wildman–Crippen MR) is 68.2 cm³/mol. The first-order valence-electron chi connectivity index (χ1n) is 6.14. The van der Waals surface area contributed by atoms with Crippen molar-refractivity contribution in [3.05, 3.63) is 47.3 Å². The van der Waals surface area contributed by atoms with Gasteiger partial charge < -0.3 is 5.73 Å². The van der Waals surface area contributed by atoms with Gasteiger partial charge in [-0.05, 0) is 37.5 Å². The molecule has 0 atom stereocenters. The second-order valence-electron chi connectivity index (χ2n) is 4.74. The molecule has 0 radical (unpaired) electrons. The molecule has 0 aliphatic heterocycles. The number of nitrogens with two attached hydrogens (primary N) is 1. The first-order valence-corrected chi connectivity index (χ1v) is 6.14. The fourth-order valence-corrected chi connectivity index (χ4v) is 2.21. The summed E-state index contributed by atoms with van der Waals surface area (Å²) in [6.45, 7) is 2.63. The van der Waals surface area contributed by atoms with Crippen LogP contribution in [0.25, 0.3) is 5.69 Å². The maximum Gasteiger partial charge on any atom is 0.0767 e. The van der Waals surface area contributed by atoms with Gasteiger partial charge in [0.1, 0.15) is 0 Å². The molecule has 3 nitrogen and oxygen atoms in total. The lowest BCUT2D eigenvalue weighted by Gasteiger charge is -2.09. The summed E-state index contributed by atoms with van der Waals surface area (Å²) < 4.78 is 2.08. The van der Waals surface area contributed by atoms with E-state index in [1.165, 1.54) is 29.8 Å². The van der Waals surface area contributed by atoms with E-state index in [1.807, 2.05) is 0 Å². The molecule has 2 aromatic rings. The van der Waals surface area contributed by atoms with Crippen LogP contribution < -0.4 is 5.73 Å². The molecular formula is C14H17N3. The Morgan fingerprint density at radius 3 is 2.76 bits per heavy atom. The van der Waals surface area contributed by atoms with Crippen molar-refractivity contribution in [3.63, 3.8) is 0 Å². The third-order valence-electron chi connectivity index (χ3n) is 3.34. The van der Waals surface area contributed by atoms with Gasteiger partial charge in [0.25, 0.3) is 0 Å². The minimum atomic E-state index is 0.513. The van der Waals surface area contributed by atoms with E-state index in [1.54, 1.807) is 0 Å². The highest BCUT2D eigenvalue weighted by atomic mass is 15.3. The highest BCUT2D eigenvalue weighted by Gasteiger charge is 2.28. The fraction of sp³-hybridized carbons (Fsp3) is 0.357. The van der Waals surface area contributed by atoms with Gasteiger partial charge >= 0.3 is 0 Å². The maximum absolute atomic E-state index is 5.69. The van der Waals surface area contributed by atoms with Crippen molar-refractivity contribution in [2.75, 3.05) is 0 Å². The smallest absolute Gasteiger partial charge is 0.0767 e. The first kappa shape index (κ1) is 10.5. The van der Waals surface area contributed by atoms with Crippen molar-refractivity contribution in [2.24, 2.45) is 5.73 Å². The Bertz CT molecular complexity index is 538. The number of para-hydroxylation sites is 1. The first-order chi connectivity index (χ1) is 8.29. The van der Waals surface area contributed by atoms with Crippen LogP contribution in [0.2, 0.25) is 0 Å². The van der Waals surface area contributed by atoms with E-state index in [0.29, 0.717) is 12.5 Å². The Morgan fingerprint density at radius 1 is 1.35 bits per heavy atom. The number of hydrogen-bond acceptors (Lipinski definition) is 2. The average molecular weight is 227 g/mol. The van der Waals surface area contributed by atoms with Crippen LogP contribution in [0.15, 0.2) is 30.3 Å². The predicted octanol–water partition coefficient (Wildman–Crippen LogP) is 2.52. The molecule has 88 valence electrons. The SMILES string of the molecule is Cc1ccccc1-n1nc(CN)cc1C1CC1. The molecule has 0 saturated heterocycles. The highest BCUT2D eigenvalue weighted by Crippen LogP contribution is 2.41. The number of benzene rings is 1. The van der Waals surface area contributed by atoms with E-state index in [4.69, 9.17) is 5.73 Å². The number of hydrogen-bond donors (Lipinski definition) is 1. The zero-order valence-corrected chi connectivity index (χ0v) is 10.1. The van der Waals surface area contributed by atoms with Gasteiger partial charge in [-0.1, -0.05) is 18.2 Å². The van der Waals surface area contributed by atoms with E-state index in [0.717, 1.165) is 5.69 Å². The molecule has 0 spiro atoms. The average Bonchev–Trinajstić information content (AvgIpc) is 3.10. The zero-order valence-electron chi connectivity index (χ0n) is 10.1. The third kappa shape index (κ3) is 1.87. The van der Waals surface area contributed by atoms with Crippen LogP contribution in [0, 0.1) is 6.92 Å². The molecule has 1 fully saturated rings. The molecule has 3 heteroatoms. The van der Waals surface area contributed by atoms with Crippen LogP contribution in [0.3, 0.4) is 0 Å². The molecule has 0 amide bonds. The van der Waals surface area contributed by atoms with E-state index < -0.39 is 0 Å². The number of nitrogens with zero attached hydrogens (tertiary/aromatic N) is 2. The van der Waals surface area contributed by atoms with Crippen LogP contribution in [-0.4, -0.2) is 9.78 Å². The van der Waals surface area contributed by atoms with Crippen LogP contribution in [0.1, 0.15) is 35.7 Å². The number of rotatable bonds is 3. The molecule has 17 heavy (non-hydrogen) atoms. The minimum absolute atomic E-state index is 0.513. The summed E-state index contributed by atoms with van der Waals surface area (Å²) in [5, 5.41) is 4.61. The second kappa shape index (κ2) is 4.00. The molecular weight excluding hydrogens is 210 g/mol. The van der Waals surface area contributed by atoms with Crippen molar-refractivity contribution >= 4 is 0 Å². The van der Waals surface area contributed by atoms with Gasteiger partial charge in [-0.15, -0.1) is 0 Å². The van der Waals surface area contributed by atoms with Crippen LogP contribution in [0.4, 0.5) is 0 Å². The normalized spacial score (nSPS) is 15.2. The summed E-state index contributed by atoms with van der Waals surface area (Å²) in [6.07, 6.45) is 2.56. The van der Waals surface area contributed by atoms with Crippen molar-refractivity contribution in [3.8, 4) is 5.69 Å². The summed E-state index contributed by atoms with van der Waals surface area (Å²) >= 11 is 0. The van der Waals surface area contributed by atoms with Gasteiger partial charge in [0.15, 0.2) is 0 Å². The van der Waals surface area contributed by atoms with Crippen molar-refractivity contribution in [2.45, 2.75) is 32.2 Å². The van der Waals surface area contributed by atoms with Gasteiger partial charge in [0.05, 0.1) is 11.4 Å². The summed E-state index contributed by atoms with van der Waals surface area (Å²) in [5.41, 5.74) is 10.4. The van der Waals surface area contributed by atoms with Crippen molar-refractivity contribution in [1.29, 1.82) is 0 Å². The standard InChI is InChI=1S/C14H17N3/c1-10-4-2-3-5-13(10)17-14(11-6-7-11)8-12(9-15)16-17/h2-5,8,11H,6-7,9,15H2,1H3. The Labute approximate surface area is 101 Å². The largest absolute Gasteiger partial charge is 0.325 e. The van der Waals surface area contributed by atoms with E-state index in [2.05, 4.69) is 47.0 Å². The lowest BCUT2D eigenvalue weighted by Crippen LogP contribution is -2.04. The topological polar surface area (TPSA) is 43.8 Å². The molecule has 0 unspecified atom stereocenters. The van der Waals surface area contributed by atoms with Gasteiger partial charge in [-0.25, -0.2) is 4.68 Å². The van der Waals surface area contributed by atoms with E-state index in [-0.39, 0.29) is 0 Å². The van der Waals surface area contributed by atoms with E-state index >= 15 is 0 Å². The quantitative estimate of drug-likeness (QED) is 0.875. The second-order valence-corrected chi connectivity index (χ2v) is 4.74. The molecule has 2 N–H and O–H groups in total. The monoisotopic (exact) mass is 227 g/mol. The number of aryl methyl sites for hydroxylation is 1. The van der Waals surface area contributed by atoms with Crippen LogP contribution >= 0.6 is 0 Å². The molecule has 1 heterocycles. The molecule has 0 bridgehead atoms. The molecule has 1 aliphatic carbocycles. The molecule has 3 rings (SSSR count). The molecule has 1 aromatic heterocycles. The third-order valence-corrected chi connectivity index (χ3v) is 3.34. The lowest BCUT2D eigenvalue weighted by atomic mass is 10.2.